The van der Waals surface area contributed by atoms with Crippen molar-refractivity contribution in [3.05, 3.63) is 0 Å². The molecule has 0 aromatic carbocycles. The molecule has 3 atom stereocenters. The first-order valence-electron chi connectivity index (χ1n) is 7.07. The normalized spacial score (nSPS) is 44.1. The summed E-state index contributed by atoms with van der Waals surface area (Å²) in [6.07, 6.45) is 7.49. The van der Waals surface area contributed by atoms with E-state index in [2.05, 4.69) is 26.1 Å². The van der Waals surface area contributed by atoms with Gasteiger partial charge in [-0.3, -0.25) is 0 Å². The van der Waals surface area contributed by atoms with E-state index in [-0.39, 0.29) is 0 Å². The molecule has 2 aliphatic carbocycles. The monoisotopic (exact) mass is 225 g/mol. The summed E-state index contributed by atoms with van der Waals surface area (Å²) in [5.41, 5.74) is 0. The molecular weight excluding hydrogens is 198 g/mol. The lowest BCUT2D eigenvalue weighted by Crippen LogP contribution is -2.47. The van der Waals surface area contributed by atoms with E-state index < -0.39 is 0 Å². The third kappa shape index (κ3) is 2.98. The molecule has 0 bridgehead atoms. The maximum atomic E-state index is 6.18. The van der Waals surface area contributed by atoms with Crippen molar-refractivity contribution in [1.29, 1.82) is 0 Å². The maximum Gasteiger partial charge on any atom is 0.0608 e. The van der Waals surface area contributed by atoms with Gasteiger partial charge in [0.25, 0.3) is 0 Å². The van der Waals surface area contributed by atoms with E-state index >= 15 is 0 Å². The van der Waals surface area contributed by atoms with E-state index in [9.17, 15) is 0 Å². The molecule has 0 spiro atoms. The van der Waals surface area contributed by atoms with Crippen LogP contribution in [0.3, 0.4) is 0 Å². The molecule has 94 valence electrons. The highest BCUT2D eigenvalue weighted by Gasteiger charge is 2.33. The smallest absolute Gasteiger partial charge is 0.0608 e. The van der Waals surface area contributed by atoms with Gasteiger partial charge in [0.05, 0.1) is 12.2 Å². The third-order valence-electron chi connectivity index (χ3n) is 4.52. The van der Waals surface area contributed by atoms with Gasteiger partial charge in [-0.1, -0.05) is 20.8 Å². The Morgan fingerprint density at radius 1 is 1.00 bits per heavy atom. The Morgan fingerprint density at radius 3 is 2.38 bits per heavy atom. The Bertz CT molecular complexity index is 213. The van der Waals surface area contributed by atoms with Crippen LogP contribution in [0, 0.1) is 11.8 Å². The molecule has 0 radical (unpaired) electrons. The molecule has 2 fully saturated rings. The number of hydrogen-bond donors (Lipinski definition) is 1. The first-order chi connectivity index (χ1) is 7.69. The SMILES string of the molecule is CCNC1CC(OC2CCC(C)C(C)C2)C1. The first-order valence-corrected chi connectivity index (χ1v) is 7.07. The zero-order valence-electron chi connectivity index (χ0n) is 11.0. The van der Waals surface area contributed by atoms with E-state index in [4.69, 9.17) is 4.74 Å². The largest absolute Gasteiger partial charge is 0.375 e. The van der Waals surface area contributed by atoms with Crippen molar-refractivity contribution in [3.63, 3.8) is 0 Å². The Morgan fingerprint density at radius 2 is 1.75 bits per heavy atom. The van der Waals surface area contributed by atoms with E-state index in [1.165, 1.54) is 32.1 Å². The molecule has 2 aliphatic rings. The first kappa shape index (κ1) is 12.4. The molecule has 0 amide bonds. The average molecular weight is 225 g/mol. The summed E-state index contributed by atoms with van der Waals surface area (Å²) in [7, 11) is 0. The highest BCUT2D eigenvalue weighted by molar-refractivity contribution is 4.87. The molecule has 2 nitrogen and oxygen atoms in total. The van der Waals surface area contributed by atoms with Crippen molar-refractivity contribution >= 4 is 0 Å². The van der Waals surface area contributed by atoms with Crippen LogP contribution in [0.5, 0.6) is 0 Å². The van der Waals surface area contributed by atoms with Crippen LogP contribution in [0.2, 0.25) is 0 Å². The van der Waals surface area contributed by atoms with Gasteiger partial charge in [0.2, 0.25) is 0 Å². The molecule has 2 heteroatoms. The molecule has 0 saturated heterocycles. The summed E-state index contributed by atoms with van der Waals surface area (Å²) in [5.74, 6) is 1.75. The summed E-state index contributed by atoms with van der Waals surface area (Å²) >= 11 is 0. The van der Waals surface area contributed by atoms with Gasteiger partial charge >= 0.3 is 0 Å². The van der Waals surface area contributed by atoms with Gasteiger partial charge in [-0.05, 0) is 50.5 Å². The second-order valence-electron chi connectivity index (χ2n) is 5.87. The van der Waals surface area contributed by atoms with Crippen molar-refractivity contribution in [1.82, 2.24) is 5.32 Å². The van der Waals surface area contributed by atoms with Gasteiger partial charge in [0, 0.05) is 6.04 Å². The lowest BCUT2D eigenvalue weighted by molar-refractivity contribution is -0.0878. The van der Waals surface area contributed by atoms with E-state index in [1.807, 2.05) is 0 Å². The number of ether oxygens (including phenoxy) is 1. The van der Waals surface area contributed by atoms with Crippen LogP contribution in [0.1, 0.15) is 52.9 Å². The second kappa shape index (κ2) is 5.50. The molecule has 0 heterocycles. The average Bonchev–Trinajstić information content (AvgIpc) is 2.20. The molecule has 1 N–H and O–H groups in total. The maximum absolute atomic E-state index is 6.18. The van der Waals surface area contributed by atoms with Gasteiger partial charge in [0.15, 0.2) is 0 Å². The molecule has 3 unspecified atom stereocenters. The van der Waals surface area contributed by atoms with Crippen molar-refractivity contribution in [2.24, 2.45) is 11.8 Å². The summed E-state index contributed by atoms with van der Waals surface area (Å²) in [4.78, 5) is 0. The van der Waals surface area contributed by atoms with Crippen LogP contribution in [-0.4, -0.2) is 24.8 Å². The lowest BCUT2D eigenvalue weighted by atomic mass is 9.80. The zero-order valence-corrected chi connectivity index (χ0v) is 11.0. The predicted octanol–water partition coefficient (Wildman–Crippen LogP) is 2.97. The van der Waals surface area contributed by atoms with E-state index in [0.29, 0.717) is 12.2 Å². The Labute approximate surface area is 100 Å². The van der Waals surface area contributed by atoms with Crippen LogP contribution in [0.15, 0.2) is 0 Å². The standard InChI is InChI=1S/C14H27NO/c1-4-15-12-8-14(9-12)16-13-6-5-10(2)11(3)7-13/h10-15H,4-9H2,1-3H3. The molecule has 0 aromatic heterocycles. The molecular formula is C14H27NO. The minimum atomic E-state index is 0.551. The van der Waals surface area contributed by atoms with Crippen molar-refractivity contribution in [2.75, 3.05) is 6.54 Å². The summed E-state index contributed by atoms with van der Waals surface area (Å²) < 4.78 is 6.18. The van der Waals surface area contributed by atoms with Gasteiger partial charge in [-0.2, -0.15) is 0 Å². The molecule has 2 saturated carbocycles. The van der Waals surface area contributed by atoms with Gasteiger partial charge in [-0.15, -0.1) is 0 Å². The van der Waals surface area contributed by atoms with Crippen LogP contribution < -0.4 is 5.32 Å². The highest BCUT2D eigenvalue weighted by Crippen LogP contribution is 2.34. The van der Waals surface area contributed by atoms with Crippen molar-refractivity contribution < 1.29 is 4.74 Å². The molecule has 16 heavy (non-hydrogen) atoms. The quantitative estimate of drug-likeness (QED) is 0.794. The Kier molecular flexibility index (Phi) is 4.26. The van der Waals surface area contributed by atoms with Gasteiger partial charge in [-0.25, -0.2) is 0 Å². The predicted molar refractivity (Wildman–Crippen MR) is 67.5 cm³/mol. The molecule has 0 aliphatic heterocycles. The number of rotatable bonds is 4. The fraction of sp³-hybridized carbons (Fsp3) is 1.00. The Balaban J connectivity index is 1.64. The van der Waals surface area contributed by atoms with Crippen LogP contribution in [-0.2, 0) is 4.74 Å². The Hall–Kier alpha value is -0.0800. The molecule has 2 rings (SSSR count). The van der Waals surface area contributed by atoms with Crippen LogP contribution >= 0.6 is 0 Å². The number of hydrogen-bond acceptors (Lipinski definition) is 2. The van der Waals surface area contributed by atoms with Crippen molar-refractivity contribution in [2.45, 2.75) is 71.1 Å². The number of nitrogens with one attached hydrogen (secondary N) is 1. The topological polar surface area (TPSA) is 21.3 Å². The van der Waals surface area contributed by atoms with Crippen LogP contribution in [0.25, 0.3) is 0 Å². The van der Waals surface area contributed by atoms with E-state index in [0.717, 1.165) is 24.4 Å². The van der Waals surface area contributed by atoms with E-state index in [1.54, 1.807) is 0 Å². The minimum absolute atomic E-state index is 0.551. The lowest BCUT2D eigenvalue weighted by Gasteiger charge is -2.40. The summed E-state index contributed by atoms with van der Waals surface area (Å²) in [6, 6.07) is 0.731. The summed E-state index contributed by atoms with van der Waals surface area (Å²) in [6.45, 7) is 8.03. The van der Waals surface area contributed by atoms with Crippen molar-refractivity contribution in [3.8, 4) is 0 Å². The minimum Gasteiger partial charge on any atom is -0.375 e. The summed E-state index contributed by atoms with van der Waals surface area (Å²) in [5, 5.41) is 3.49. The third-order valence-corrected chi connectivity index (χ3v) is 4.52. The van der Waals surface area contributed by atoms with Gasteiger partial charge < -0.3 is 10.1 Å². The zero-order chi connectivity index (χ0) is 11.5. The molecule has 0 aromatic rings. The van der Waals surface area contributed by atoms with Crippen LogP contribution in [0.4, 0.5) is 0 Å². The van der Waals surface area contributed by atoms with Gasteiger partial charge in [0.1, 0.15) is 0 Å². The second-order valence-corrected chi connectivity index (χ2v) is 5.87. The fourth-order valence-electron chi connectivity index (χ4n) is 3.03. The fourth-order valence-corrected chi connectivity index (χ4v) is 3.03. The highest BCUT2D eigenvalue weighted by atomic mass is 16.5.